The van der Waals surface area contributed by atoms with Gasteiger partial charge in [0.05, 0.1) is 18.8 Å². The number of rotatable bonds is 11. The van der Waals surface area contributed by atoms with Crippen molar-refractivity contribution in [2.45, 2.75) is 63.0 Å². The maximum absolute atomic E-state index is 12.4. The van der Waals surface area contributed by atoms with Crippen molar-refractivity contribution >= 4 is 23.6 Å². The molecule has 0 radical (unpaired) electrons. The van der Waals surface area contributed by atoms with Crippen LogP contribution in [0.15, 0.2) is 102 Å². The number of pyridine rings is 1. The Morgan fingerprint density at radius 2 is 1.71 bits per heavy atom. The van der Waals surface area contributed by atoms with E-state index in [2.05, 4.69) is 5.32 Å². The predicted octanol–water partition coefficient (Wildman–Crippen LogP) is 5.38. The molecule has 1 aromatic heterocycles. The van der Waals surface area contributed by atoms with Crippen molar-refractivity contribution in [2.75, 3.05) is 5.75 Å². The zero-order valence-electron chi connectivity index (χ0n) is 25.1. The fourth-order valence-electron chi connectivity index (χ4n) is 5.13. The number of benzene rings is 3. The first-order chi connectivity index (χ1) is 21.8. The summed E-state index contributed by atoms with van der Waals surface area (Å²) in [6.45, 7) is 3.06. The first kappa shape index (κ1) is 32.2. The Morgan fingerprint density at radius 3 is 2.42 bits per heavy atom. The van der Waals surface area contributed by atoms with Crippen molar-refractivity contribution in [3.05, 3.63) is 125 Å². The summed E-state index contributed by atoms with van der Waals surface area (Å²) < 4.78 is 18.8. The zero-order valence-corrected chi connectivity index (χ0v) is 25.9. The van der Waals surface area contributed by atoms with E-state index in [0.29, 0.717) is 17.2 Å². The van der Waals surface area contributed by atoms with E-state index in [1.54, 1.807) is 12.1 Å². The summed E-state index contributed by atoms with van der Waals surface area (Å²) in [5.74, 6) is -0.302. The van der Waals surface area contributed by atoms with Gasteiger partial charge in [0.25, 0.3) is 10.9 Å². The molecule has 2 N–H and O–H groups in total. The molecule has 5 rings (SSSR count). The molecule has 0 bridgehead atoms. The lowest BCUT2D eigenvalue weighted by Gasteiger charge is -2.36. The van der Waals surface area contributed by atoms with Crippen LogP contribution in [0.1, 0.15) is 54.9 Å². The number of hydrogen-bond acceptors (Lipinski definition) is 8. The second kappa shape index (κ2) is 15.2. The number of aliphatic hydroxyl groups is 1. The van der Waals surface area contributed by atoms with E-state index in [1.807, 2.05) is 78.9 Å². The number of ether oxygens (including phenoxy) is 3. The van der Waals surface area contributed by atoms with Gasteiger partial charge in [-0.2, -0.15) is 4.73 Å². The number of aliphatic hydroxyl groups excluding tert-OH is 1. The summed E-state index contributed by atoms with van der Waals surface area (Å²) in [6, 6.07) is 28.8. The molecule has 3 aromatic carbocycles. The van der Waals surface area contributed by atoms with Gasteiger partial charge in [-0.3, -0.25) is 9.59 Å². The fraction of sp³-hybridized carbons (Fsp3) is 0.286. The molecule has 4 aromatic rings. The SMILES string of the molecule is CC(=O)OC(C)C(=O)NCc1ccccc1-c1ccc(C2OC(CSc3cccc[n+]3[O-])CC(c3ccc(CO)cc3)O2)cc1. The molecule has 234 valence electrons. The largest absolute Gasteiger partial charge is 0.618 e. The van der Waals surface area contributed by atoms with Gasteiger partial charge in [0.2, 0.25) is 0 Å². The third-order valence-corrected chi connectivity index (χ3v) is 8.65. The minimum atomic E-state index is -0.878. The first-order valence-electron chi connectivity index (χ1n) is 14.8. The molecule has 10 heteroatoms. The monoisotopic (exact) mass is 628 g/mol. The number of nitrogens with one attached hydrogen (secondary N) is 1. The van der Waals surface area contributed by atoms with Crippen LogP contribution in [0.5, 0.6) is 0 Å². The van der Waals surface area contributed by atoms with Crippen LogP contribution >= 0.6 is 11.8 Å². The van der Waals surface area contributed by atoms with Gasteiger partial charge in [0.15, 0.2) is 18.6 Å². The van der Waals surface area contributed by atoms with Crippen molar-refractivity contribution in [1.29, 1.82) is 0 Å². The minimum Gasteiger partial charge on any atom is -0.618 e. The Balaban J connectivity index is 1.32. The van der Waals surface area contributed by atoms with Crippen molar-refractivity contribution < 1.29 is 33.6 Å². The standard InChI is InChI=1S/C35H36N2O7S/c1-23(42-24(2)39)34(40)36-20-29-7-3-4-8-31(29)26-14-16-28(17-15-26)35-43-30(22-45-33-9-5-6-18-37(33)41)19-32(44-35)27-12-10-25(21-38)11-13-27/h3-18,23,30,32,35,38H,19-22H2,1-2H3,(H,36,40). The van der Waals surface area contributed by atoms with E-state index in [9.17, 15) is 19.9 Å². The highest BCUT2D eigenvalue weighted by Gasteiger charge is 2.32. The number of aromatic nitrogens is 1. The van der Waals surface area contributed by atoms with E-state index in [-0.39, 0.29) is 31.3 Å². The van der Waals surface area contributed by atoms with Crippen LogP contribution in [-0.4, -0.2) is 34.9 Å². The van der Waals surface area contributed by atoms with E-state index >= 15 is 0 Å². The number of amides is 1. The molecule has 45 heavy (non-hydrogen) atoms. The average molecular weight is 629 g/mol. The van der Waals surface area contributed by atoms with Crippen LogP contribution in [0.25, 0.3) is 11.1 Å². The number of carbonyl (C=O) groups excluding carboxylic acids is 2. The van der Waals surface area contributed by atoms with Crippen molar-refractivity contribution in [2.24, 2.45) is 0 Å². The van der Waals surface area contributed by atoms with Crippen LogP contribution < -0.4 is 10.0 Å². The van der Waals surface area contributed by atoms with Crippen LogP contribution in [0.3, 0.4) is 0 Å². The number of esters is 1. The Bertz CT molecular complexity index is 1600. The lowest BCUT2D eigenvalue weighted by molar-refractivity contribution is -0.645. The molecule has 0 saturated carbocycles. The van der Waals surface area contributed by atoms with Gasteiger partial charge in [-0.1, -0.05) is 84.6 Å². The van der Waals surface area contributed by atoms with Gasteiger partial charge in [0, 0.05) is 43.3 Å². The van der Waals surface area contributed by atoms with Crippen LogP contribution in [-0.2, 0) is 37.0 Å². The first-order valence-corrected chi connectivity index (χ1v) is 15.7. The summed E-state index contributed by atoms with van der Waals surface area (Å²) in [5.41, 5.74) is 5.50. The highest BCUT2D eigenvalue weighted by atomic mass is 32.2. The number of carbonyl (C=O) groups is 2. The molecule has 4 atom stereocenters. The van der Waals surface area contributed by atoms with Crippen LogP contribution in [0.4, 0.5) is 0 Å². The second-order valence-corrected chi connectivity index (χ2v) is 11.8. The molecule has 1 saturated heterocycles. The van der Waals surface area contributed by atoms with E-state index in [4.69, 9.17) is 14.2 Å². The highest BCUT2D eigenvalue weighted by Crippen LogP contribution is 2.39. The summed E-state index contributed by atoms with van der Waals surface area (Å²) in [5, 5.41) is 25.1. The van der Waals surface area contributed by atoms with E-state index < -0.39 is 18.4 Å². The van der Waals surface area contributed by atoms with Crippen molar-refractivity contribution in [1.82, 2.24) is 5.32 Å². The van der Waals surface area contributed by atoms with Crippen LogP contribution in [0.2, 0.25) is 0 Å². The van der Waals surface area contributed by atoms with Gasteiger partial charge >= 0.3 is 5.97 Å². The zero-order chi connectivity index (χ0) is 31.8. The normalized spacial score (nSPS) is 18.6. The third-order valence-electron chi connectivity index (χ3n) is 7.50. The highest BCUT2D eigenvalue weighted by molar-refractivity contribution is 7.99. The van der Waals surface area contributed by atoms with E-state index in [1.165, 1.54) is 31.8 Å². The molecule has 1 fully saturated rings. The summed E-state index contributed by atoms with van der Waals surface area (Å²) in [6.07, 6.45) is 0.162. The average Bonchev–Trinajstić information content (AvgIpc) is 3.06. The van der Waals surface area contributed by atoms with Gasteiger partial charge in [0.1, 0.15) is 0 Å². The molecule has 9 nitrogen and oxygen atoms in total. The predicted molar refractivity (Wildman–Crippen MR) is 170 cm³/mol. The third kappa shape index (κ3) is 8.49. The Labute approximate surface area is 266 Å². The quantitative estimate of drug-likeness (QED) is 0.0983. The lowest BCUT2D eigenvalue weighted by Crippen LogP contribution is -2.35. The molecule has 0 spiro atoms. The van der Waals surface area contributed by atoms with Crippen molar-refractivity contribution in [3.8, 4) is 11.1 Å². The molecular formula is C35H36N2O7S. The van der Waals surface area contributed by atoms with E-state index in [0.717, 1.165) is 38.1 Å². The maximum Gasteiger partial charge on any atom is 0.303 e. The summed E-state index contributed by atoms with van der Waals surface area (Å²) in [7, 11) is 0. The second-order valence-electron chi connectivity index (χ2n) is 10.8. The maximum atomic E-state index is 12.4. The molecule has 0 aliphatic carbocycles. The molecule has 2 heterocycles. The van der Waals surface area contributed by atoms with Gasteiger partial charge in [-0.05, 0) is 40.8 Å². The molecule has 1 amide bonds. The summed E-state index contributed by atoms with van der Waals surface area (Å²) in [4.78, 5) is 23.6. The Hall–Kier alpha value is -4.22. The number of thioether (sulfide) groups is 1. The number of hydrogen-bond donors (Lipinski definition) is 2. The Morgan fingerprint density at radius 1 is 1.00 bits per heavy atom. The molecule has 1 aliphatic heterocycles. The smallest absolute Gasteiger partial charge is 0.303 e. The van der Waals surface area contributed by atoms with Gasteiger partial charge in [-0.25, -0.2) is 0 Å². The summed E-state index contributed by atoms with van der Waals surface area (Å²) >= 11 is 1.45. The lowest BCUT2D eigenvalue weighted by atomic mass is 9.97. The van der Waals surface area contributed by atoms with Crippen molar-refractivity contribution in [3.63, 3.8) is 0 Å². The fourth-order valence-corrected chi connectivity index (χ4v) is 6.06. The van der Waals surface area contributed by atoms with Gasteiger partial charge in [-0.15, -0.1) is 0 Å². The minimum absolute atomic E-state index is 0.0294. The van der Waals surface area contributed by atoms with Crippen LogP contribution in [0, 0.1) is 5.21 Å². The molecule has 1 aliphatic rings. The molecule has 4 unspecified atom stereocenters. The molecular weight excluding hydrogens is 592 g/mol. The Kier molecular flexibility index (Phi) is 10.9. The number of nitrogens with zero attached hydrogens (tertiary/aromatic N) is 1. The topological polar surface area (TPSA) is 121 Å². The van der Waals surface area contributed by atoms with Gasteiger partial charge < -0.3 is 29.8 Å².